The van der Waals surface area contributed by atoms with Crippen molar-refractivity contribution in [1.29, 1.82) is 0 Å². The summed E-state index contributed by atoms with van der Waals surface area (Å²) in [6.07, 6.45) is -4.54. The minimum Gasteiger partial charge on any atom is -0.489 e. The van der Waals surface area contributed by atoms with Crippen LogP contribution in [0.4, 0.5) is 17.6 Å². The zero-order valence-electron chi connectivity index (χ0n) is 7.59. The van der Waals surface area contributed by atoms with Crippen LogP contribution in [0.5, 0.6) is 5.75 Å². The predicted octanol–water partition coefficient (Wildman–Crippen LogP) is 2.09. The van der Waals surface area contributed by atoms with Gasteiger partial charge in [-0.25, -0.2) is 4.39 Å². The highest BCUT2D eigenvalue weighted by Crippen LogP contribution is 2.21. The number of hydrogen-bond donors (Lipinski definition) is 1. The number of hydrogen-bond acceptors (Lipinski definition) is 2. The fourth-order valence-corrected chi connectivity index (χ4v) is 0.836. The summed E-state index contributed by atoms with van der Waals surface area (Å²) in [5.41, 5.74) is 4.78. The number of alkyl halides is 3. The molecule has 6 heteroatoms. The third-order valence-corrected chi connectivity index (χ3v) is 1.68. The number of halogens is 4. The van der Waals surface area contributed by atoms with Crippen molar-refractivity contribution in [3.8, 4) is 5.75 Å². The Morgan fingerprint density at radius 1 is 1.27 bits per heavy atom. The Hall–Kier alpha value is -1.30. The first kappa shape index (κ1) is 11.8. The van der Waals surface area contributed by atoms with E-state index in [1.54, 1.807) is 0 Å². The summed E-state index contributed by atoms with van der Waals surface area (Å²) < 4.78 is 53.4. The molecule has 2 nitrogen and oxygen atoms in total. The molecule has 2 N–H and O–H groups in total. The highest BCUT2D eigenvalue weighted by Gasteiger charge is 2.37. The second kappa shape index (κ2) is 4.48. The van der Waals surface area contributed by atoms with Gasteiger partial charge in [0.15, 0.2) is 11.6 Å². The van der Waals surface area contributed by atoms with Gasteiger partial charge in [-0.05, 0) is 12.1 Å². The van der Waals surface area contributed by atoms with Gasteiger partial charge in [0.25, 0.3) is 0 Å². The molecule has 1 unspecified atom stereocenters. The van der Waals surface area contributed by atoms with Gasteiger partial charge in [-0.15, -0.1) is 0 Å². The molecule has 1 aromatic rings. The molecule has 0 aliphatic carbocycles. The van der Waals surface area contributed by atoms with Gasteiger partial charge in [0.2, 0.25) is 0 Å². The summed E-state index contributed by atoms with van der Waals surface area (Å²) >= 11 is 0. The van der Waals surface area contributed by atoms with Crippen LogP contribution in [-0.2, 0) is 0 Å². The van der Waals surface area contributed by atoms with Gasteiger partial charge in [-0.3, -0.25) is 0 Å². The lowest BCUT2D eigenvalue weighted by Crippen LogP contribution is -2.42. The van der Waals surface area contributed by atoms with E-state index in [1.165, 1.54) is 18.2 Å². The maximum atomic E-state index is 12.9. The molecule has 15 heavy (non-hydrogen) atoms. The van der Waals surface area contributed by atoms with E-state index in [2.05, 4.69) is 4.74 Å². The van der Waals surface area contributed by atoms with Gasteiger partial charge in [0.1, 0.15) is 12.6 Å². The normalized spacial score (nSPS) is 13.7. The largest absolute Gasteiger partial charge is 0.489 e. The summed E-state index contributed by atoms with van der Waals surface area (Å²) in [5, 5.41) is 0. The van der Waals surface area contributed by atoms with Crippen molar-refractivity contribution < 1.29 is 22.3 Å². The number of ether oxygens (including phenoxy) is 1. The number of nitrogens with two attached hydrogens (primary N) is 1. The molecule has 0 spiro atoms. The van der Waals surface area contributed by atoms with Gasteiger partial charge in [-0.2, -0.15) is 13.2 Å². The minimum absolute atomic E-state index is 0.239. The summed E-state index contributed by atoms with van der Waals surface area (Å²) in [6, 6.07) is 3.08. The number of benzene rings is 1. The Bertz CT molecular complexity index is 326. The average Bonchev–Trinajstić information content (AvgIpc) is 2.14. The Kier molecular flexibility index (Phi) is 3.52. The van der Waals surface area contributed by atoms with Crippen molar-refractivity contribution in [1.82, 2.24) is 0 Å². The molecule has 0 bridgehead atoms. The number of rotatable bonds is 3. The molecular weight excluding hydrogens is 214 g/mol. The topological polar surface area (TPSA) is 35.2 Å². The molecule has 0 fully saturated rings. The van der Waals surface area contributed by atoms with Crippen LogP contribution in [0.3, 0.4) is 0 Å². The highest BCUT2D eigenvalue weighted by molar-refractivity contribution is 5.23. The Labute approximate surface area is 83.6 Å². The summed E-state index contributed by atoms with van der Waals surface area (Å²) in [7, 11) is 0. The van der Waals surface area contributed by atoms with Gasteiger partial charge >= 0.3 is 6.18 Å². The van der Waals surface area contributed by atoms with E-state index in [-0.39, 0.29) is 5.75 Å². The third kappa shape index (κ3) is 3.39. The zero-order chi connectivity index (χ0) is 11.5. The van der Waals surface area contributed by atoms with E-state index in [0.717, 1.165) is 6.07 Å². The highest BCUT2D eigenvalue weighted by atomic mass is 19.4. The summed E-state index contributed by atoms with van der Waals surface area (Å²) in [6.45, 7) is -0.801. The van der Waals surface area contributed by atoms with E-state index in [4.69, 9.17) is 5.73 Å². The third-order valence-electron chi connectivity index (χ3n) is 1.68. The fourth-order valence-electron chi connectivity index (χ4n) is 0.836. The first-order valence-electron chi connectivity index (χ1n) is 4.11. The maximum Gasteiger partial charge on any atom is 0.406 e. The fraction of sp³-hybridized carbons (Fsp3) is 0.333. The zero-order valence-corrected chi connectivity index (χ0v) is 7.59. The van der Waals surface area contributed by atoms with Crippen LogP contribution in [0.2, 0.25) is 0 Å². The first-order chi connectivity index (χ1) is 6.91. The van der Waals surface area contributed by atoms with E-state index in [1.807, 2.05) is 0 Å². The minimum atomic E-state index is -4.54. The second-order valence-corrected chi connectivity index (χ2v) is 2.89. The lowest BCUT2D eigenvalue weighted by Gasteiger charge is -2.16. The molecule has 84 valence electrons. The molecule has 1 rings (SSSR count). The monoisotopic (exact) mass is 223 g/mol. The van der Waals surface area contributed by atoms with Gasteiger partial charge < -0.3 is 10.5 Å². The lowest BCUT2D eigenvalue weighted by molar-refractivity contribution is -0.153. The molecule has 1 aromatic carbocycles. The van der Waals surface area contributed by atoms with Gasteiger partial charge in [0.05, 0.1) is 0 Å². The van der Waals surface area contributed by atoms with Crippen LogP contribution in [-0.4, -0.2) is 18.8 Å². The van der Waals surface area contributed by atoms with Crippen LogP contribution < -0.4 is 10.5 Å². The molecule has 0 saturated carbocycles. The smallest absolute Gasteiger partial charge is 0.406 e. The molecule has 0 amide bonds. The standard InChI is InChI=1S/C9H9F4NO/c10-6-3-1-2-4-7(6)15-5-8(14)9(11,12)13/h1-4,8H,5,14H2. The van der Waals surface area contributed by atoms with Gasteiger partial charge in [0, 0.05) is 0 Å². The second-order valence-electron chi connectivity index (χ2n) is 2.89. The van der Waals surface area contributed by atoms with E-state index >= 15 is 0 Å². The molecule has 0 aliphatic rings. The molecular formula is C9H9F4NO. The van der Waals surface area contributed by atoms with E-state index < -0.39 is 24.6 Å². The Balaban J connectivity index is 2.55. The van der Waals surface area contributed by atoms with Crippen LogP contribution >= 0.6 is 0 Å². The molecule has 1 atom stereocenters. The van der Waals surface area contributed by atoms with Crippen LogP contribution in [0.1, 0.15) is 0 Å². The summed E-state index contributed by atoms with van der Waals surface area (Å²) in [5.74, 6) is -0.955. The summed E-state index contributed by atoms with van der Waals surface area (Å²) in [4.78, 5) is 0. The lowest BCUT2D eigenvalue weighted by atomic mass is 10.3. The van der Waals surface area contributed by atoms with Crippen molar-refractivity contribution in [2.24, 2.45) is 5.73 Å². The number of para-hydroxylation sites is 1. The quantitative estimate of drug-likeness (QED) is 0.796. The first-order valence-corrected chi connectivity index (χ1v) is 4.11. The molecule has 0 aliphatic heterocycles. The predicted molar refractivity (Wildman–Crippen MR) is 45.9 cm³/mol. The average molecular weight is 223 g/mol. The molecule has 0 heterocycles. The Morgan fingerprint density at radius 2 is 1.87 bits per heavy atom. The van der Waals surface area contributed by atoms with Gasteiger partial charge in [-0.1, -0.05) is 12.1 Å². The molecule has 0 saturated heterocycles. The Morgan fingerprint density at radius 3 is 2.40 bits per heavy atom. The van der Waals surface area contributed by atoms with Crippen molar-refractivity contribution in [3.05, 3.63) is 30.1 Å². The van der Waals surface area contributed by atoms with Crippen LogP contribution in [0.25, 0.3) is 0 Å². The van der Waals surface area contributed by atoms with Crippen molar-refractivity contribution in [2.75, 3.05) is 6.61 Å². The van der Waals surface area contributed by atoms with E-state index in [9.17, 15) is 17.6 Å². The maximum absolute atomic E-state index is 12.9. The van der Waals surface area contributed by atoms with E-state index in [0.29, 0.717) is 0 Å². The molecule has 0 aromatic heterocycles. The van der Waals surface area contributed by atoms with Crippen molar-refractivity contribution in [2.45, 2.75) is 12.2 Å². The SMILES string of the molecule is NC(COc1ccccc1F)C(F)(F)F. The molecule has 0 radical (unpaired) electrons. The van der Waals surface area contributed by atoms with Crippen molar-refractivity contribution >= 4 is 0 Å². The van der Waals surface area contributed by atoms with Crippen LogP contribution in [0, 0.1) is 5.82 Å². The van der Waals surface area contributed by atoms with Crippen molar-refractivity contribution in [3.63, 3.8) is 0 Å². The van der Waals surface area contributed by atoms with Crippen LogP contribution in [0.15, 0.2) is 24.3 Å².